The molecule has 2 aliphatic rings. The molecule has 0 aromatic carbocycles. The van der Waals surface area contributed by atoms with Crippen molar-refractivity contribution in [1.82, 2.24) is 14.8 Å². The van der Waals surface area contributed by atoms with Crippen LogP contribution in [0.25, 0.3) is 0 Å². The number of aromatic nitrogens is 1. The summed E-state index contributed by atoms with van der Waals surface area (Å²) in [4.78, 5) is 32.8. The normalized spacial score (nSPS) is 25.9. The molecule has 0 aliphatic carbocycles. The van der Waals surface area contributed by atoms with Crippen LogP contribution in [0.5, 0.6) is 0 Å². The molecule has 2 aliphatic heterocycles. The molecule has 2 amide bonds. The molecular weight excluding hydrogens is 386 g/mol. The predicted molar refractivity (Wildman–Crippen MR) is 97.2 cm³/mol. The molecule has 7 heteroatoms. The number of likely N-dealkylation sites (tertiary alicyclic amines) is 2. The summed E-state index contributed by atoms with van der Waals surface area (Å²) >= 11 is 3.28. The summed E-state index contributed by atoms with van der Waals surface area (Å²) in [6.45, 7) is 10.3. The first-order valence-electron chi connectivity index (χ1n) is 8.46. The van der Waals surface area contributed by atoms with Gasteiger partial charge in [-0.25, -0.2) is 9.78 Å². The van der Waals surface area contributed by atoms with Crippen molar-refractivity contribution < 1.29 is 14.3 Å². The Hall–Kier alpha value is -1.63. The summed E-state index contributed by atoms with van der Waals surface area (Å²) in [5, 5.41) is 0. The number of ether oxygens (including phenoxy) is 1. The van der Waals surface area contributed by atoms with Crippen LogP contribution in [0.1, 0.15) is 38.1 Å². The lowest BCUT2D eigenvalue weighted by Gasteiger charge is -2.27. The van der Waals surface area contributed by atoms with Gasteiger partial charge in [0.2, 0.25) is 0 Å². The van der Waals surface area contributed by atoms with E-state index in [0.717, 1.165) is 0 Å². The van der Waals surface area contributed by atoms with Crippen molar-refractivity contribution in [2.45, 2.75) is 33.3 Å². The number of halogens is 1. The first-order chi connectivity index (χ1) is 11.6. The minimum absolute atomic E-state index is 0.000516. The van der Waals surface area contributed by atoms with Gasteiger partial charge in [0.05, 0.1) is 5.56 Å². The Morgan fingerprint density at radius 2 is 1.88 bits per heavy atom. The van der Waals surface area contributed by atoms with Crippen LogP contribution >= 0.6 is 15.9 Å². The SMILES string of the molecule is CC(C)(C)OC(=O)N1C[C@@H]2CN(C(=O)c3ccc(Br)nc3)C[C@]2(C)C1. The fraction of sp³-hybridized carbons (Fsp3) is 0.611. The Labute approximate surface area is 156 Å². The Kier molecular flexibility index (Phi) is 4.56. The van der Waals surface area contributed by atoms with E-state index >= 15 is 0 Å². The average Bonchev–Trinajstić information content (AvgIpc) is 2.97. The van der Waals surface area contributed by atoms with E-state index in [1.54, 1.807) is 23.2 Å². The molecule has 6 nitrogen and oxygen atoms in total. The van der Waals surface area contributed by atoms with E-state index in [0.29, 0.717) is 36.3 Å². The number of pyridine rings is 1. The van der Waals surface area contributed by atoms with Crippen molar-refractivity contribution in [1.29, 1.82) is 0 Å². The smallest absolute Gasteiger partial charge is 0.410 e. The molecule has 0 bridgehead atoms. The van der Waals surface area contributed by atoms with Crippen molar-refractivity contribution in [3.05, 3.63) is 28.5 Å². The zero-order chi connectivity index (χ0) is 18.4. The number of carbonyl (C=O) groups excluding carboxylic acids is 2. The van der Waals surface area contributed by atoms with Gasteiger partial charge >= 0.3 is 6.09 Å². The maximum absolute atomic E-state index is 12.7. The van der Waals surface area contributed by atoms with Crippen molar-refractivity contribution in [3.63, 3.8) is 0 Å². The van der Waals surface area contributed by atoms with E-state index in [-0.39, 0.29) is 23.3 Å². The fourth-order valence-electron chi connectivity index (χ4n) is 3.65. The van der Waals surface area contributed by atoms with Gasteiger partial charge in [-0.3, -0.25) is 4.79 Å². The lowest BCUT2D eigenvalue weighted by molar-refractivity contribution is 0.0264. The van der Waals surface area contributed by atoms with Crippen LogP contribution in [0.2, 0.25) is 0 Å². The Balaban J connectivity index is 1.65. The van der Waals surface area contributed by atoms with Gasteiger partial charge in [-0.2, -0.15) is 0 Å². The largest absolute Gasteiger partial charge is 0.444 e. The topological polar surface area (TPSA) is 62.7 Å². The highest BCUT2D eigenvalue weighted by molar-refractivity contribution is 9.10. The molecule has 2 atom stereocenters. The summed E-state index contributed by atoms with van der Waals surface area (Å²) in [5.41, 5.74) is 0.0116. The quantitative estimate of drug-likeness (QED) is 0.668. The third-order valence-electron chi connectivity index (χ3n) is 4.88. The average molecular weight is 410 g/mol. The number of amides is 2. The molecule has 2 fully saturated rings. The van der Waals surface area contributed by atoms with Gasteiger partial charge in [-0.05, 0) is 48.8 Å². The molecule has 136 valence electrons. The van der Waals surface area contributed by atoms with E-state index in [9.17, 15) is 9.59 Å². The molecule has 1 aromatic heterocycles. The summed E-state index contributed by atoms with van der Waals surface area (Å²) in [6.07, 6.45) is 1.33. The second-order valence-electron chi connectivity index (χ2n) is 8.27. The maximum atomic E-state index is 12.7. The molecule has 0 saturated carbocycles. The zero-order valence-electron chi connectivity index (χ0n) is 15.1. The standard InChI is InChI=1S/C18H24BrN3O3/c1-17(2,3)25-16(24)22-9-13-8-21(10-18(13,4)11-22)15(23)12-5-6-14(19)20-7-12/h5-7,13H,8-11H2,1-4H3/t13-,18+/m0/s1. The molecule has 1 aromatic rings. The molecule has 25 heavy (non-hydrogen) atoms. The molecule has 3 rings (SSSR count). The highest BCUT2D eigenvalue weighted by Gasteiger charge is 2.52. The van der Waals surface area contributed by atoms with Gasteiger partial charge in [-0.15, -0.1) is 0 Å². The van der Waals surface area contributed by atoms with Crippen LogP contribution in [0, 0.1) is 11.3 Å². The van der Waals surface area contributed by atoms with Crippen molar-refractivity contribution in [2.75, 3.05) is 26.2 Å². The Morgan fingerprint density at radius 1 is 1.24 bits per heavy atom. The van der Waals surface area contributed by atoms with E-state index in [1.165, 1.54) is 0 Å². The molecule has 0 unspecified atom stereocenters. The second kappa shape index (κ2) is 6.27. The molecule has 0 radical (unpaired) electrons. The fourth-order valence-corrected chi connectivity index (χ4v) is 3.88. The highest BCUT2D eigenvalue weighted by Crippen LogP contribution is 2.42. The highest BCUT2D eigenvalue weighted by atomic mass is 79.9. The van der Waals surface area contributed by atoms with Gasteiger partial charge in [0.1, 0.15) is 10.2 Å². The predicted octanol–water partition coefficient (Wildman–Crippen LogP) is 3.17. The number of rotatable bonds is 1. The Bertz CT molecular complexity index is 686. The van der Waals surface area contributed by atoms with Crippen LogP contribution in [0.4, 0.5) is 4.79 Å². The number of fused-ring (bicyclic) bond motifs is 1. The second-order valence-corrected chi connectivity index (χ2v) is 9.08. The zero-order valence-corrected chi connectivity index (χ0v) is 16.7. The van der Waals surface area contributed by atoms with Crippen LogP contribution in [-0.2, 0) is 4.74 Å². The minimum atomic E-state index is -0.494. The van der Waals surface area contributed by atoms with Gasteiger partial charge < -0.3 is 14.5 Å². The summed E-state index contributed by atoms with van der Waals surface area (Å²) in [5.74, 6) is 0.270. The minimum Gasteiger partial charge on any atom is -0.444 e. The monoisotopic (exact) mass is 409 g/mol. The van der Waals surface area contributed by atoms with E-state index < -0.39 is 5.60 Å². The van der Waals surface area contributed by atoms with Gasteiger partial charge in [-0.1, -0.05) is 6.92 Å². The number of nitrogens with zero attached hydrogens (tertiary/aromatic N) is 3. The van der Waals surface area contributed by atoms with Crippen LogP contribution in [-0.4, -0.2) is 58.6 Å². The van der Waals surface area contributed by atoms with Gasteiger partial charge in [0.25, 0.3) is 5.91 Å². The number of hydrogen-bond donors (Lipinski definition) is 0. The lowest BCUT2D eigenvalue weighted by Crippen LogP contribution is -2.40. The van der Waals surface area contributed by atoms with Gasteiger partial charge in [0.15, 0.2) is 0 Å². The van der Waals surface area contributed by atoms with Crippen LogP contribution in [0.15, 0.2) is 22.9 Å². The molecule has 2 saturated heterocycles. The summed E-state index contributed by atoms with van der Waals surface area (Å²) in [6, 6.07) is 3.55. The molecular formula is C18H24BrN3O3. The first-order valence-corrected chi connectivity index (χ1v) is 9.25. The van der Waals surface area contributed by atoms with E-state index in [4.69, 9.17) is 4.74 Å². The summed E-state index contributed by atoms with van der Waals surface area (Å²) < 4.78 is 6.19. The van der Waals surface area contributed by atoms with Crippen molar-refractivity contribution in [2.24, 2.45) is 11.3 Å². The lowest BCUT2D eigenvalue weighted by atomic mass is 9.83. The van der Waals surface area contributed by atoms with Crippen LogP contribution in [0.3, 0.4) is 0 Å². The third kappa shape index (κ3) is 3.81. The first kappa shape index (κ1) is 18.2. The third-order valence-corrected chi connectivity index (χ3v) is 5.35. The van der Waals surface area contributed by atoms with Crippen molar-refractivity contribution in [3.8, 4) is 0 Å². The van der Waals surface area contributed by atoms with E-state index in [1.807, 2.05) is 25.7 Å². The van der Waals surface area contributed by atoms with Crippen LogP contribution < -0.4 is 0 Å². The molecule has 0 N–H and O–H groups in total. The molecule has 0 spiro atoms. The Morgan fingerprint density at radius 3 is 2.44 bits per heavy atom. The van der Waals surface area contributed by atoms with Gasteiger partial charge in [0, 0.05) is 43.7 Å². The van der Waals surface area contributed by atoms with E-state index in [2.05, 4.69) is 27.8 Å². The maximum Gasteiger partial charge on any atom is 0.410 e. The summed E-state index contributed by atoms with van der Waals surface area (Å²) in [7, 11) is 0. The van der Waals surface area contributed by atoms with Crippen molar-refractivity contribution >= 4 is 27.9 Å². The number of carbonyl (C=O) groups is 2. The molecule has 3 heterocycles. The number of hydrogen-bond acceptors (Lipinski definition) is 4.